The van der Waals surface area contributed by atoms with Gasteiger partial charge in [0.25, 0.3) is 0 Å². The van der Waals surface area contributed by atoms with Gasteiger partial charge in [-0.25, -0.2) is 0 Å². The molecule has 3 unspecified atom stereocenters. The molecule has 2 N–H and O–H groups in total. The minimum Gasteiger partial charge on any atom is -0.493 e. The Morgan fingerprint density at radius 1 is 1.44 bits per heavy atom. The Bertz CT molecular complexity index is 403. The van der Waals surface area contributed by atoms with E-state index >= 15 is 0 Å². The summed E-state index contributed by atoms with van der Waals surface area (Å²) in [6.07, 6.45) is 0.749. The molecule has 0 saturated carbocycles. The van der Waals surface area contributed by atoms with Crippen molar-refractivity contribution in [2.24, 2.45) is 5.92 Å². The molecule has 3 nitrogen and oxygen atoms in total. The van der Waals surface area contributed by atoms with E-state index in [9.17, 15) is 5.11 Å². The van der Waals surface area contributed by atoms with E-state index in [4.69, 9.17) is 4.74 Å². The lowest BCUT2D eigenvalue weighted by Gasteiger charge is -2.34. The summed E-state index contributed by atoms with van der Waals surface area (Å²) in [4.78, 5) is 0. The van der Waals surface area contributed by atoms with Gasteiger partial charge < -0.3 is 15.2 Å². The van der Waals surface area contributed by atoms with Crippen molar-refractivity contribution < 1.29 is 9.84 Å². The summed E-state index contributed by atoms with van der Waals surface area (Å²) >= 11 is 0. The number of fused-ring (bicyclic) bond motifs is 1. The summed E-state index contributed by atoms with van der Waals surface area (Å²) in [7, 11) is 0. The van der Waals surface area contributed by atoms with Crippen molar-refractivity contribution in [2.75, 3.05) is 13.2 Å². The molecule has 1 aliphatic heterocycles. The first-order valence-electron chi connectivity index (χ1n) is 6.71. The number of hydrogen-bond acceptors (Lipinski definition) is 3. The van der Waals surface area contributed by atoms with Crippen LogP contribution in [0.3, 0.4) is 0 Å². The zero-order valence-electron chi connectivity index (χ0n) is 11.4. The van der Waals surface area contributed by atoms with E-state index in [0.717, 1.165) is 18.8 Å². The van der Waals surface area contributed by atoms with Gasteiger partial charge in [0.15, 0.2) is 0 Å². The highest BCUT2D eigenvalue weighted by molar-refractivity contribution is 5.37. The molecule has 0 spiro atoms. The van der Waals surface area contributed by atoms with E-state index in [2.05, 4.69) is 18.3 Å². The number of aliphatic hydroxyl groups is 1. The molecule has 0 aliphatic carbocycles. The van der Waals surface area contributed by atoms with Crippen molar-refractivity contribution in [1.29, 1.82) is 0 Å². The smallest absolute Gasteiger partial charge is 0.124 e. The van der Waals surface area contributed by atoms with Crippen LogP contribution in [0.15, 0.2) is 24.3 Å². The van der Waals surface area contributed by atoms with Crippen molar-refractivity contribution in [2.45, 2.75) is 38.8 Å². The summed E-state index contributed by atoms with van der Waals surface area (Å²) in [5, 5.41) is 13.6. The van der Waals surface area contributed by atoms with Gasteiger partial charge in [-0.3, -0.25) is 0 Å². The largest absolute Gasteiger partial charge is 0.493 e. The minimum atomic E-state index is -0.646. The molecule has 3 heteroatoms. The van der Waals surface area contributed by atoms with Crippen LogP contribution in [0, 0.1) is 5.92 Å². The lowest BCUT2D eigenvalue weighted by molar-refractivity contribution is 0.0474. The fourth-order valence-electron chi connectivity index (χ4n) is 2.26. The normalized spacial score (nSPS) is 26.0. The highest BCUT2D eigenvalue weighted by Gasteiger charge is 2.29. The second-order valence-corrected chi connectivity index (χ2v) is 5.54. The quantitative estimate of drug-likeness (QED) is 0.861. The summed E-state index contributed by atoms with van der Waals surface area (Å²) < 4.78 is 5.72. The van der Waals surface area contributed by atoms with E-state index < -0.39 is 5.60 Å². The van der Waals surface area contributed by atoms with Crippen molar-refractivity contribution in [3.8, 4) is 5.75 Å². The predicted octanol–water partition coefficient (Wildman–Crippen LogP) is 2.51. The summed E-state index contributed by atoms with van der Waals surface area (Å²) in [6, 6.07) is 8.39. The third kappa shape index (κ3) is 2.85. The number of para-hydroxylation sites is 1. The number of nitrogens with one attached hydrogen (secondary N) is 1. The van der Waals surface area contributed by atoms with E-state index in [1.165, 1.54) is 5.56 Å². The Balaban J connectivity index is 2.12. The summed E-state index contributed by atoms with van der Waals surface area (Å²) in [5.41, 5.74) is 0.551. The van der Waals surface area contributed by atoms with E-state index in [1.807, 2.05) is 32.0 Å². The summed E-state index contributed by atoms with van der Waals surface area (Å²) in [5.74, 6) is 1.37. The molecule has 0 amide bonds. The number of hydrogen-bond donors (Lipinski definition) is 2. The zero-order chi connectivity index (χ0) is 13.2. The van der Waals surface area contributed by atoms with Crippen LogP contribution in [0.25, 0.3) is 0 Å². The van der Waals surface area contributed by atoms with E-state index in [0.29, 0.717) is 12.5 Å². The second kappa shape index (κ2) is 5.29. The average molecular weight is 249 g/mol. The molecular weight excluding hydrogens is 226 g/mol. The standard InChI is InChI=1S/C15H23NO2/c1-4-15(3,17)10-16-14-11(2)9-18-13-8-6-5-7-12(13)14/h5-8,11,14,16-17H,4,9-10H2,1-3H3. The topological polar surface area (TPSA) is 41.5 Å². The van der Waals surface area contributed by atoms with Crippen LogP contribution in [-0.4, -0.2) is 23.9 Å². The van der Waals surface area contributed by atoms with Crippen LogP contribution < -0.4 is 10.1 Å². The zero-order valence-corrected chi connectivity index (χ0v) is 11.4. The molecule has 1 aliphatic rings. The van der Waals surface area contributed by atoms with Gasteiger partial charge in [-0.1, -0.05) is 32.0 Å². The Morgan fingerprint density at radius 3 is 2.89 bits per heavy atom. The van der Waals surface area contributed by atoms with Crippen molar-refractivity contribution >= 4 is 0 Å². The van der Waals surface area contributed by atoms with Gasteiger partial charge in [0.05, 0.1) is 12.2 Å². The highest BCUT2D eigenvalue weighted by atomic mass is 16.5. The first kappa shape index (κ1) is 13.4. The number of rotatable bonds is 4. The third-order valence-corrected chi connectivity index (χ3v) is 3.79. The van der Waals surface area contributed by atoms with Gasteiger partial charge >= 0.3 is 0 Å². The molecule has 0 fully saturated rings. The second-order valence-electron chi connectivity index (χ2n) is 5.54. The fraction of sp³-hybridized carbons (Fsp3) is 0.600. The Morgan fingerprint density at radius 2 is 2.17 bits per heavy atom. The molecule has 1 aromatic rings. The van der Waals surface area contributed by atoms with Gasteiger partial charge in [0.2, 0.25) is 0 Å². The van der Waals surface area contributed by atoms with Gasteiger partial charge in [0.1, 0.15) is 5.75 Å². The molecule has 1 aromatic carbocycles. The van der Waals surface area contributed by atoms with E-state index in [-0.39, 0.29) is 6.04 Å². The minimum absolute atomic E-state index is 0.257. The maximum Gasteiger partial charge on any atom is 0.124 e. The predicted molar refractivity (Wildman–Crippen MR) is 72.8 cm³/mol. The van der Waals surface area contributed by atoms with Crippen LogP contribution in [0.5, 0.6) is 5.75 Å². The van der Waals surface area contributed by atoms with Crippen LogP contribution >= 0.6 is 0 Å². The van der Waals surface area contributed by atoms with Crippen molar-refractivity contribution in [1.82, 2.24) is 5.32 Å². The van der Waals surface area contributed by atoms with Crippen LogP contribution in [-0.2, 0) is 0 Å². The average Bonchev–Trinajstić information content (AvgIpc) is 2.37. The molecule has 18 heavy (non-hydrogen) atoms. The Hall–Kier alpha value is -1.06. The third-order valence-electron chi connectivity index (χ3n) is 3.79. The van der Waals surface area contributed by atoms with Gasteiger partial charge in [-0.05, 0) is 19.4 Å². The Labute approximate surface area is 109 Å². The van der Waals surface area contributed by atoms with Crippen LogP contribution in [0.2, 0.25) is 0 Å². The molecule has 0 aromatic heterocycles. The van der Waals surface area contributed by atoms with Crippen LogP contribution in [0.4, 0.5) is 0 Å². The van der Waals surface area contributed by atoms with E-state index in [1.54, 1.807) is 0 Å². The lowest BCUT2D eigenvalue weighted by Crippen LogP contribution is -2.42. The van der Waals surface area contributed by atoms with Gasteiger partial charge in [-0.15, -0.1) is 0 Å². The highest BCUT2D eigenvalue weighted by Crippen LogP contribution is 2.35. The molecule has 0 radical (unpaired) electrons. The Kier molecular flexibility index (Phi) is 3.93. The molecule has 100 valence electrons. The summed E-state index contributed by atoms with van der Waals surface area (Å²) in [6.45, 7) is 7.38. The van der Waals surface area contributed by atoms with Gasteiger partial charge in [0, 0.05) is 24.1 Å². The molecule has 1 heterocycles. The van der Waals surface area contributed by atoms with Crippen molar-refractivity contribution in [3.05, 3.63) is 29.8 Å². The number of benzene rings is 1. The fourth-order valence-corrected chi connectivity index (χ4v) is 2.26. The molecule has 0 bridgehead atoms. The van der Waals surface area contributed by atoms with Crippen LogP contribution in [0.1, 0.15) is 38.8 Å². The SMILES string of the molecule is CCC(C)(O)CNC1c2ccccc2OCC1C. The maximum atomic E-state index is 10.1. The first-order valence-corrected chi connectivity index (χ1v) is 6.71. The molecular formula is C15H23NO2. The molecule has 3 atom stereocenters. The monoisotopic (exact) mass is 249 g/mol. The molecule has 2 rings (SSSR count). The maximum absolute atomic E-state index is 10.1. The van der Waals surface area contributed by atoms with Gasteiger partial charge in [-0.2, -0.15) is 0 Å². The number of ether oxygens (including phenoxy) is 1. The lowest BCUT2D eigenvalue weighted by atomic mass is 9.91. The molecule has 0 saturated heterocycles. The first-order chi connectivity index (χ1) is 8.53. The van der Waals surface area contributed by atoms with Crippen molar-refractivity contribution in [3.63, 3.8) is 0 Å².